The summed E-state index contributed by atoms with van der Waals surface area (Å²) in [5, 5.41) is 8.59. The Bertz CT molecular complexity index is 235. The molecule has 0 aromatic heterocycles. The number of hydrogen-bond donors (Lipinski definition) is 2. The van der Waals surface area contributed by atoms with E-state index < -0.39 is 0 Å². The lowest BCUT2D eigenvalue weighted by Gasteiger charge is -1.96. The zero-order valence-corrected chi connectivity index (χ0v) is 6.20. The Kier molecular flexibility index (Phi) is 1.64. The fraction of sp³-hybridized carbons (Fsp3) is 0.333. The van der Waals surface area contributed by atoms with Crippen LogP contribution in [0, 0.1) is 0 Å². The third kappa shape index (κ3) is 1.27. The van der Waals surface area contributed by atoms with E-state index in [2.05, 4.69) is 17.6 Å². The molecule has 2 unspecified atom stereocenters. The van der Waals surface area contributed by atoms with Crippen molar-refractivity contribution >= 4 is 0 Å². The third-order valence-corrected chi connectivity index (χ3v) is 2.18. The highest BCUT2D eigenvalue weighted by Gasteiger charge is 2.37. The summed E-state index contributed by atoms with van der Waals surface area (Å²) >= 11 is 0. The molecule has 0 amide bonds. The molecule has 0 bridgehead atoms. The highest BCUT2D eigenvalue weighted by molar-refractivity contribution is 5.27. The first-order valence-electron chi connectivity index (χ1n) is 3.86. The minimum Gasteiger partial charge on any atom is -0.317 e. The van der Waals surface area contributed by atoms with Gasteiger partial charge in [0.15, 0.2) is 0 Å². The molecule has 2 atom stereocenters. The van der Waals surface area contributed by atoms with Gasteiger partial charge in [0.2, 0.25) is 0 Å². The average Bonchev–Trinajstić information content (AvgIpc) is 2.85. The molecule has 0 saturated heterocycles. The predicted octanol–water partition coefficient (Wildman–Crippen LogP) is 1.52. The van der Waals surface area contributed by atoms with Gasteiger partial charge in [0.25, 0.3) is 0 Å². The van der Waals surface area contributed by atoms with E-state index in [0.717, 1.165) is 6.42 Å². The van der Waals surface area contributed by atoms with E-state index in [9.17, 15) is 0 Å². The number of rotatable bonds is 2. The molecule has 1 aromatic rings. The van der Waals surface area contributed by atoms with Gasteiger partial charge in [0, 0.05) is 12.0 Å². The minimum absolute atomic E-state index is 0.289. The standard InChI is InChI=1S/C9H11NO/c11-10-9-6-8(9)7-4-2-1-3-5-7/h1-5,8-11H,6H2. The first-order valence-corrected chi connectivity index (χ1v) is 3.86. The zero-order valence-electron chi connectivity index (χ0n) is 6.20. The molecule has 2 N–H and O–H groups in total. The second-order valence-corrected chi connectivity index (χ2v) is 2.99. The van der Waals surface area contributed by atoms with E-state index in [1.54, 1.807) is 0 Å². The maximum Gasteiger partial charge on any atom is 0.0395 e. The predicted molar refractivity (Wildman–Crippen MR) is 42.5 cm³/mol. The van der Waals surface area contributed by atoms with Crippen LogP contribution in [0.15, 0.2) is 30.3 Å². The molecule has 0 aliphatic heterocycles. The lowest BCUT2D eigenvalue weighted by Crippen LogP contribution is -2.11. The highest BCUT2D eigenvalue weighted by atomic mass is 16.5. The van der Waals surface area contributed by atoms with E-state index in [4.69, 9.17) is 5.21 Å². The van der Waals surface area contributed by atoms with Crippen molar-refractivity contribution in [2.24, 2.45) is 0 Å². The fourth-order valence-electron chi connectivity index (χ4n) is 1.41. The molecule has 1 aliphatic carbocycles. The van der Waals surface area contributed by atoms with Crippen LogP contribution < -0.4 is 5.48 Å². The summed E-state index contributed by atoms with van der Waals surface area (Å²) in [4.78, 5) is 0. The van der Waals surface area contributed by atoms with E-state index in [-0.39, 0.29) is 6.04 Å². The molecule has 1 fully saturated rings. The van der Waals surface area contributed by atoms with Crippen molar-refractivity contribution in [3.8, 4) is 0 Å². The van der Waals surface area contributed by atoms with Crippen LogP contribution in [0.4, 0.5) is 0 Å². The van der Waals surface area contributed by atoms with Crippen molar-refractivity contribution in [3.05, 3.63) is 35.9 Å². The number of nitrogens with one attached hydrogen (secondary N) is 1. The Labute approximate surface area is 65.8 Å². The summed E-state index contributed by atoms with van der Waals surface area (Å²) in [7, 11) is 0. The fourth-order valence-corrected chi connectivity index (χ4v) is 1.41. The molecular weight excluding hydrogens is 138 g/mol. The van der Waals surface area contributed by atoms with Gasteiger partial charge in [-0.15, -0.1) is 0 Å². The van der Waals surface area contributed by atoms with Gasteiger partial charge in [-0.3, -0.25) is 0 Å². The first kappa shape index (κ1) is 6.83. The Hall–Kier alpha value is -0.860. The highest BCUT2D eigenvalue weighted by Crippen LogP contribution is 2.39. The SMILES string of the molecule is ONC1CC1c1ccccc1. The smallest absolute Gasteiger partial charge is 0.0395 e. The van der Waals surface area contributed by atoms with Crippen LogP contribution in [0.5, 0.6) is 0 Å². The van der Waals surface area contributed by atoms with Crippen LogP contribution in [0.1, 0.15) is 17.9 Å². The van der Waals surface area contributed by atoms with Crippen LogP contribution in [-0.4, -0.2) is 11.2 Å². The van der Waals surface area contributed by atoms with Gasteiger partial charge in [0.1, 0.15) is 0 Å². The Morgan fingerprint density at radius 2 is 2.00 bits per heavy atom. The molecular formula is C9H11NO. The maximum atomic E-state index is 8.59. The largest absolute Gasteiger partial charge is 0.317 e. The topological polar surface area (TPSA) is 32.3 Å². The van der Waals surface area contributed by atoms with Gasteiger partial charge >= 0.3 is 0 Å². The van der Waals surface area contributed by atoms with Gasteiger partial charge in [-0.1, -0.05) is 30.3 Å². The molecule has 58 valence electrons. The van der Waals surface area contributed by atoms with Crippen molar-refractivity contribution in [3.63, 3.8) is 0 Å². The lowest BCUT2D eigenvalue weighted by molar-refractivity contribution is 0.158. The van der Waals surface area contributed by atoms with Crippen LogP contribution >= 0.6 is 0 Å². The molecule has 0 spiro atoms. The normalized spacial score (nSPS) is 28.5. The number of benzene rings is 1. The van der Waals surface area contributed by atoms with Gasteiger partial charge < -0.3 is 5.21 Å². The summed E-state index contributed by atoms with van der Waals surface area (Å²) in [5.74, 6) is 0.529. The molecule has 2 heteroatoms. The average molecular weight is 149 g/mol. The molecule has 2 rings (SSSR count). The van der Waals surface area contributed by atoms with E-state index in [1.165, 1.54) is 5.56 Å². The quantitative estimate of drug-likeness (QED) is 0.625. The van der Waals surface area contributed by atoms with Gasteiger partial charge in [-0.2, -0.15) is 0 Å². The summed E-state index contributed by atoms with van der Waals surface area (Å²) < 4.78 is 0. The summed E-state index contributed by atoms with van der Waals surface area (Å²) in [6.45, 7) is 0. The van der Waals surface area contributed by atoms with E-state index in [1.807, 2.05) is 18.2 Å². The van der Waals surface area contributed by atoms with Gasteiger partial charge in [-0.25, -0.2) is 5.48 Å². The van der Waals surface area contributed by atoms with Gasteiger partial charge in [0.05, 0.1) is 0 Å². The van der Waals surface area contributed by atoms with Crippen LogP contribution in [0.25, 0.3) is 0 Å². The van der Waals surface area contributed by atoms with Crippen molar-refractivity contribution in [2.45, 2.75) is 18.4 Å². The second kappa shape index (κ2) is 2.64. The molecule has 1 saturated carbocycles. The summed E-state index contributed by atoms with van der Waals surface area (Å²) in [6.07, 6.45) is 1.06. The van der Waals surface area contributed by atoms with Crippen molar-refractivity contribution in [1.29, 1.82) is 0 Å². The lowest BCUT2D eigenvalue weighted by atomic mass is 10.1. The Morgan fingerprint density at radius 1 is 1.27 bits per heavy atom. The Morgan fingerprint density at radius 3 is 2.55 bits per heavy atom. The first-order chi connectivity index (χ1) is 5.42. The summed E-state index contributed by atoms with van der Waals surface area (Å²) in [5.41, 5.74) is 3.61. The van der Waals surface area contributed by atoms with Crippen LogP contribution in [-0.2, 0) is 0 Å². The van der Waals surface area contributed by atoms with Crippen LogP contribution in [0.3, 0.4) is 0 Å². The van der Waals surface area contributed by atoms with E-state index >= 15 is 0 Å². The van der Waals surface area contributed by atoms with E-state index in [0.29, 0.717) is 5.92 Å². The molecule has 0 radical (unpaired) electrons. The Balaban J connectivity index is 2.09. The molecule has 1 aromatic carbocycles. The van der Waals surface area contributed by atoms with Crippen LogP contribution in [0.2, 0.25) is 0 Å². The molecule has 11 heavy (non-hydrogen) atoms. The number of hydroxylamine groups is 1. The maximum absolute atomic E-state index is 8.59. The van der Waals surface area contributed by atoms with Crippen molar-refractivity contribution in [1.82, 2.24) is 5.48 Å². The third-order valence-electron chi connectivity index (χ3n) is 2.18. The van der Waals surface area contributed by atoms with Gasteiger partial charge in [-0.05, 0) is 12.0 Å². The number of hydrogen-bond acceptors (Lipinski definition) is 2. The van der Waals surface area contributed by atoms with Crippen molar-refractivity contribution < 1.29 is 5.21 Å². The molecule has 1 aliphatic rings. The monoisotopic (exact) mass is 149 g/mol. The van der Waals surface area contributed by atoms with Crippen molar-refractivity contribution in [2.75, 3.05) is 0 Å². The molecule has 0 heterocycles. The summed E-state index contributed by atoms with van der Waals surface area (Å²) in [6, 6.07) is 10.6. The molecule has 2 nitrogen and oxygen atoms in total. The zero-order chi connectivity index (χ0) is 7.68. The second-order valence-electron chi connectivity index (χ2n) is 2.99. The minimum atomic E-state index is 0.289.